The number of hydrogen-bond donors (Lipinski definition) is 1. The molecule has 1 fully saturated rings. The van der Waals surface area contributed by atoms with Gasteiger partial charge in [-0.1, -0.05) is 30.7 Å². The zero-order valence-corrected chi connectivity index (χ0v) is 17.2. The predicted octanol–water partition coefficient (Wildman–Crippen LogP) is 2.84. The number of ether oxygens (including phenoxy) is 1. The van der Waals surface area contributed by atoms with Gasteiger partial charge in [0.05, 0.1) is 19.6 Å². The van der Waals surface area contributed by atoms with Crippen molar-refractivity contribution < 1.29 is 14.6 Å². The van der Waals surface area contributed by atoms with Crippen molar-refractivity contribution in [1.82, 2.24) is 9.80 Å². The largest absolute Gasteiger partial charge is 0.395 e. The summed E-state index contributed by atoms with van der Waals surface area (Å²) in [4.78, 5) is 16.6. The van der Waals surface area contributed by atoms with Crippen LogP contribution in [-0.4, -0.2) is 73.4 Å². The Bertz CT molecular complexity index is 545. The van der Waals surface area contributed by atoms with E-state index in [0.717, 1.165) is 57.6 Å². The van der Waals surface area contributed by atoms with E-state index in [0.29, 0.717) is 30.5 Å². The van der Waals surface area contributed by atoms with Gasteiger partial charge in [-0.15, -0.1) is 0 Å². The van der Waals surface area contributed by atoms with Gasteiger partial charge < -0.3 is 14.7 Å². The van der Waals surface area contributed by atoms with Crippen LogP contribution in [0.5, 0.6) is 0 Å². The van der Waals surface area contributed by atoms with Crippen molar-refractivity contribution >= 4 is 17.5 Å². The number of benzene rings is 1. The number of aliphatic hydroxyl groups excluding tert-OH is 1. The Morgan fingerprint density at radius 1 is 1.22 bits per heavy atom. The Hall–Kier alpha value is -1.14. The van der Waals surface area contributed by atoms with Gasteiger partial charge in [0, 0.05) is 37.8 Å². The average molecular weight is 397 g/mol. The number of amides is 1. The third-order valence-corrected chi connectivity index (χ3v) is 5.57. The molecule has 0 radical (unpaired) electrons. The van der Waals surface area contributed by atoms with Crippen molar-refractivity contribution in [3.8, 4) is 0 Å². The Morgan fingerprint density at radius 3 is 2.56 bits per heavy atom. The van der Waals surface area contributed by atoms with E-state index in [1.807, 2.05) is 29.2 Å². The maximum absolute atomic E-state index is 12.4. The highest BCUT2D eigenvalue weighted by atomic mass is 35.5. The molecular formula is C21H33ClN2O3. The van der Waals surface area contributed by atoms with Gasteiger partial charge in [-0.05, 0) is 49.4 Å². The minimum atomic E-state index is 0.198. The predicted molar refractivity (Wildman–Crippen MR) is 109 cm³/mol. The molecule has 2 rings (SSSR count). The SMILES string of the molecule is CCN(CCO)CCOCCC1CCN(C(=O)Cc2ccc(Cl)cc2)CC1. The molecule has 0 saturated carbocycles. The second-order valence-corrected chi connectivity index (χ2v) is 7.62. The van der Waals surface area contributed by atoms with Gasteiger partial charge in [-0.25, -0.2) is 0 Å². The summed E-state index contributed by atoms with van der Waals surface area (Å²) in [7, 11) is 0. The third kappa shape index (κ3) is 8.18. The fraction of sp³-hybridized carbons (Fsp3) is 0.667. The Labute approximate surface area is 168 Å². The molecule has 1 aromatic carbocycles. The summed E-state index contributed by atoms with van der Waals surface area (Å²) < 4.78 is 5.76. The number of nitrogens with zero attached hydrogens (tertiary/aromatic N) is 2. The van der Waals surface area contributed by atoms with E-state index in [-0.39, 0.29) is 12.5 Å². The first kappa shape index (κ1) is 22.2. The molecule has 1 N–H and O–H groups in total. The summed E-state index contributed by atoms with van der Waals surface area (Å²) >= 11 is 5.89. The van der Waals surface area contributed by atoms with Crippen molar-refractivity contribution in [2.75, 3.05) is 52.5 Å². The van der Waals surface area contributed by atoms with E-state index in [2.05, 4.69) is 11.8 Å². The number of carbonyl (C=O) groups excluding carboxylic acids is 1. The highest BCUT2D eigenvalue weighted by Gasteiger charge is 2.22. The van der Waals surface area contributed by atoms with E-state index in [4.69, 9.17) is 21.4 Å². The lowest BCUT2D eigenvalue weighted by atomic mass is 9.93. The Kier molecular flexibility index (Phi) is 10.1. The molecule has 1 heterocycles. The lowest BCUT2D eigenvalue weighted by Gasteiger charge is -2.32. The molecule has 27 heavy (non-hydrogen) atoms. The fourth-order valence-corrected chi connectivity index (χ4v) is 3.60. The summed E-state index contributed by atoms with van der Waals surface area (Å²) in [6.07, 6.45) is 3.63. The summed E-state index contributed by atoms with van der Waals surface area (Å²) in [5.41, 5.74) is 1.02. The van der Waals surface area contributed by atoms with Crippen molar-refractivity contribution in [1.29, 1.82) is 0 Å². The molecular weight excluding hydrogens is 364 g/mol. The standard InChI is InChI=1S/C21H33ClN2O3/c1-2-23(12-14-25)13-16-27-15-9-18-7-10-24(11-8-18)21(26)17-19-3-5-20(22)6-4-19/h3-6,18,25H,2,7-17H2,1H3. The van der Waals surface area contributed by atoms with Crippen molar-refractivity contribution in [3.63, 3.8) is 0 Å². The molecule has 1 amide bonds. The number of halogens is 1. The number of carbonyl (C=O) groups is 1. The molecule has 5 nitrogen and oxygen atoms in total. The molecule has 1 saturated heterocycles. The maximum Gasteiger partial charge on any atom is 0.226 e. The third-order valence-electron chi connectivity index (χ3n) is 5.32. The van der Waals surface area contributed by atoms with Crippen LogP contribution >= 0.6 is 11.6 Å². The van der Waals surface area contributed by atoms with E-state index in [1.165, 1.54) is 0 Å². The first-order valence-electron chi connectivity index (χ1n) is 10.1. The second-order valence-electron chi connectivity index (χ2n) is 7.19. The van der Waals surface area contributed by atoms with E-state index >= 15 is 0 Å². The molecule has 1 aromatic rings. The number of likely N-dealkylation sites (N-methyl/N-ethyl adjacent to an activating group) is 1. The highest BCUT2D eigenvalue weighted by molar-refractivity contribution is 6.30. The molecule has 1 aliphatic heterocycles. The summed E-state index contributed by atoms with van der Waals surface area (Å²) in [6, 6.07) is 7.51. The van der Waals surface area contributed by atoms with Crippen LogP contribution in [0.2, 0.25) is 5.02 Å². The molecule has 152 valence electrons. The summed E-state index contributed by atoms with van der Waals surface area (Å²) in [5.74, 6) is 0.847. The van der Waals surface area contributed by atoms with Gasteiger partial charge in [-0.2, -0.15) is 0 Å². The van der Waals surface area contributed by atoms with Crippen molar-refractivity contribution in [2.24, 2.45) is 5.92 Å². The summed E-state index contributed by atoms with van der Waals surface area (Å²) in [6.45, 7) is 7.99. The van der Waals surface area contributed by atoms with Gasteiger partial charge in [0.2, 0.25) is 5.91 Å². The highest BCUT2D eigenvalue weighted by Crippen LogP contribution is 2.21. The summed E-state index contributed by atoms with van der Waals surface area (Å²) in [5, 5.41) is 9.68. The van der Waals surface area contributed by atoms with Crippen LogP contribution in [0.4, 0.5) is 0 Å². The number of likely N-dealkylation sites (tertiary alicyclic amines) is 1. The smallest absolute Gasteiger partial charge is 0.226 e. The second kappa shape index (κ2) is 12.3. The average Bonchev–Trinajstić information content (AvgIpc) is 2.69. The van der Waals surface area contributed by atoms with E-state index in [1.54, 1.807) is 0 Å². The zero-order valence-electron chi connectivity index (χ0n) is 16.4. The van der Waals surface area contributed by atoms with Gasteiger partial charge in [0.15, 0.2) is 0 Å². The lowest BCUT2D eigenvalue weighted by molar-refractivity contribution is -0.131. The molecule has 1 aliphatic rings. The number of rotatable bonds is 11. The molecule has 0 spiro atoms. The van der Waals surface area contributed by atoms with Gasteiger partial charge in [-0.3, -0.25) is 9.69 Å². The molecule has 0 aromatic heterocycles. The van der Waals surface area contributed by atoms with E-state index < -0.39 is 0 Å². The minimum absolute atomic E-state index is 0.198. The van der Waals surface area contributed by atoms with Gasteiger partial charge in [0.25, 0.3) is 0 Å². The first-order chi connectivity index (χ1) is 13.1. The van der Waals surface area contributed by atoms with Gasteiger partial charge in [0.1, 0.15) is 0 Å². The van der Waals surface area contributed by atoms with Gasteiger partial charge >= 0.3 is 0 Å². The maximum atomic E-state index is 12.4. The topological polar surface area (TPSA) is 53.0 Å². The fourth-order valence-electron chi connectivity index (χ4n) is 3.47. The first-order valence-corrected chi connectivity index (χ1v) is 10.4. The monoisotopic (exact) mass is 396 g/mol. The number of aliphatic hydroxyl groups is 1. The molecule has 6 heteroatoms. The van der Waals surface area contributed by atoms with Crippen LogP contribution < -0.4 is 0 Å². The molecule has 0 bridgehead atoms. The van der Waals surface area contributed by atoms with E-state index in [9.17, 15) is 4.79 Å². The van der Waals surface area contributed by atoms with Crippen molar-refractivity contribution in [3.05, 3.63) is 34.9 Å². The van der Waals surface area contributed by atoms with Crippen LogP contribution in [0.25, 0.3) is 0 Å². The molecule has 0 unspecified atom stereocenters. The lowest BCUT2D eigenvalue weighted by Crippen LogP contribution is -2.39. The minimum Gasteiger partial charge on any atom is -0.395 e. The Balaban J connectivity index is 1.58. The number of hydrogen-bond acceptors (Lipinski definition) is 4. The van der Waals surface area contributed by atoms with Crippen LogP contribution in [0.15, 0.2) is 24.3 Å². The Morgan fingerprint density at radius 2 is 1.93 bits per heavy atom. The van der Waals surface area contributed by atoms with Crippen LogP contribution in [0.3, 0.4) is 0 Å². The zero-order chi connectivity index (χ0) is 19.5. The van der Waals surface area contributed by atoms with Crippen molar-refractivity contribution in [2.45, 2.75) is 32.6 Å². The van der Waals surface area contributed by atoms with Crippen LogP contribution in [-0.2, 0) is 16.0 Å². The molecule has 0 aliphatic carbocycles. The number of piperidine rings is 1. The van der Waals surface area contributed by atoms with Crippen LogP contribution in [0, 0.1) is 5.92 Å². The quantitative estimate of drug-likeness (QED) is 0.584. The van der Waals surface area contributed by atoms with Crippen LogP contribution in [0.1, 0.15) is 31.7 Å². The molecule has 0 atom stereocenters. The normalized spacial score (nSPS) is 15.5.